The molecule has 0 radical (unpaired) electrons. The van der Waals surface area contributed by atoms with Gasteiger partial charge in [0.05, 0.1) is 12.5 Å². The highest BCUT2D eigenvalue weighted by molar-refractivity contribution is 5.73. The van der Waals surface area contributed by atoms with Crippen LogP contribution in [-0.2, 0) is 6.42 Å². The molecule has 0 aliphatic heterocycles. The molecule has 2 aromatic heterocycles. The summed E-state index contributed by atoms with van der Waals surface area (Å²) in [4.78, 5) is 8.29. The molecule has 0 amide bonds. The Morgan fingerprint density at radius 2 is 1.57 bits per heavy atom. The van der Waals surface area contributed by atoms with Gasteiger partial charge >= 0.3 is 0 Å². The summed E-state index contributed by atoms with van der Waals surface area (Å²) in [6.07, 6.45) is 7.52. The van der Waals surface area contributed by atoms with Gasteiger partial charge in [0.15, 0.2) is 0 Å². The van der Waals surface area contributed by atoms with Crippen molar-refractivity contribution in [3.8, 4) is 28.3 Å². The smallest absolute Gasteiger partial charge is 0.0669 e. The number of rotatable bonds is 3. The van der Waals surface area contributed by atoms with E-state index in [-0.39, 0.29) is 0 Å². The van der Waals surface area contributed by atoms with Gasteiger partial charge in [0.25, 0.3) is 0 Å². The van der Waals surface area contributed by atoms with Crippen molar-refractivity contribution in [3.05, 3.63) is 72.8 Å². The van der Waals surface area contributed by atoms with E-state index in [0.29, 0.717) is 6.42 Å². The fourth-order valence-electron chi connectivity index (χ4n) is 2.34. The van der Waals surface area contributed by atoms with Gasteiger partial charge in [-0.3, -0.25) is 9.97 Å². The van der Waals surface area contributed by atoms with Crippen LogP contribution in [0.25, 0.3) is 22.3 Å². The van der Waals surface area contributed by atoms with E-state index in [0.717, 1.165) is 27.8 Å². The second kappa shape index (κ2) is 5.98. The molecular weight excluding hydrogens is 258 g/mol. The SMILES string of the molecule is N#CCc1cc(-c2cccnc2)ccc1-c1cccnc1. The molecule has 0 bridgehead atoms. The Kier molecular flexibility index (Phi) is 3.70. The van der Waals surface area contributed by atoms with Crippen molar-refractivity contribution < 1.29 is 0 Å². The second-order valence-electron chi connectivity index (χ2n) is 4.69. The lowest BCUT2D eigenvalue weighted by atomic mass is 9.95. The molecule has 0 aliphatic rings. The first-order valence-electron chi connectivity index (χ1n) is 6.69. The summed E-state index contributed by atoms with van der Waals surface area (Å²) in [5, 5.41) is 9.07. The van der Waals surface area contributed by atoms with Gasteiger partial charge in [0.2, 0.25) is 0 Å². The third-order valence-corrected chi connectivity index (χ3v) is 3.34. The maximum atomic E-state index is 9.07. The molecule has 0 fully saturated rings. The van der Waals surface area contributed by atoms with E-state index in [2.05, 4.69) is 28.2 Å². The van der Waals surface area contributed by atoms with Crippen LogP contribution >= 0.6 is 0 Å². The Hall–Kier alpha value is -2.99. The molecule has 3 heteroatoms. The summed E-state index contributed by atoms with van der Waals surface area (Å²) in [5.74, 6) is 0. The molecule has 3 rings (SSSR count). The third-order valence-electron chi connectivity index (χ3n) is 3.34. The van der Waals surface area contributed by atoms with E-state index >= 15 is 0 Å². The lowest BCUT2D eigenvalue weighted by Gasteiger charge is -2.10. The molecule has 0 atom stereocenters. The number of hydrogen-bond donors (Lipinski definition) is 0. The minimum absolute atomic E-state index is 0.373. The van der Waals surface area contributed by atoms with Crippen LogP contribution in [0.3, 0.4) is 0 Å². The van der Waals surface area contributed by atoms with Crippen molar-refractivity contribution >= 4 is 0 Å². The molecule has 3 nitrogen and oxygen atoms in total. The Bertz CT molecular complexity index is 775. The summed E-state index contributed by atoms with van der Waals surface area (Å²) in [6, 6.07) is 16.2. The van der Waals surface area contributed by atoms with Crippen LogP contribution in [0.15, 0.2) is 67.3 Å². The predicted octanol–water partition coefficient (Wildman–Crippen LogP) is 3.88. The number of nitrogens with zero attached hydrogens (tertiary/aromatic N) is 3. The Labute approximate surface area is 123 Å². The van der Waals surface area contributed by atoms with Crippen LogP contribution < -0.4 is 0 Å². The first kappa shape index (κ1) is 13.0. The molecule has 0 unspecified atom stereocenters. The number of aromatic nitrogens is 2. The Morgan fingerprint density at radius 3 is 2.19 bits per heavy atom. The highest BCUT2D eigenvalue weighted by Crippen LogP contribution is 2.28. The lowest BCUT2D eigenvalue weighted by molar-refractivity contribution is 1.25. The normalized spacial score (nSPS) is 10.0. The Morgan fingerprint density at radius 1 is 0.857 bits per heavy atom. The minimum atomic E-state index is 0.373. The van der Waals surface area contributed by atoms with Gasteiger partial charge in [0, 0.05) is 30.4 Å². The van der Waals surface area contributed by atoms with Crippen molar-refractivity contribution in [1.29, 1.82) is 5.26 Å². The molecule has 0 saturated carbocycles. The summed E-state index contributed by atoms with van der Waals surface area (Å²) in [5.41, 5.74) is 5.21. The van der Waals surface area contributed by atoms with E-state index in [1.54, 1.807) is 12.4 Å². The molecule has 0 saturated heterocycles. The monoisotopic (exact) mass is 271 g/mol. The van der Waals surface area contributed by atoms with Gasteiger partial charge in [-0.2, -0.15) is 5.26 Å². The van der Waals surface area contributed by atoms with Gasteiger partial charge in [-0.15, -0.1) is 0 Å². The van der Waals surface area contributed by atoms with Gasteiger partial charge in [-0.05, 0) is 40.5 Å². The van der Waals surface area contributed by atoms with Gasteiger partial charge in [0.1, 0.15) is 0 Å². The van der Waals surface area contributed by atoms with Crippen LogP contribution in [0.1, 0.15) is 5.56 Å². The van der Waals surface area contributed by atoms with Gasteiger partial charge in [-0.1, -0.05) is 24.3 Å². The topological polar surface area (TPSA) is 49.6 Å². The number of pyridine rings is 2. The van der Waals surface area contributed by atoms with Crippen molar-refractivity contribution in [2.24, 2.45) is 0 Å². The fourth-order valence-corrected chi connectivity index (χ4v) is 2.34. The van der Waals surface area contributed by atoms with E-state index in [1.807, 2.05) is 42.7 Å². The average Bonchev–Trinajstić information content (AvgIpc) is 2.57. The second-order valence-corrected chi connectivity index (χ2v) is 4.69. The summed E-state index contributed by atoms with van der Waals surface area (Å²) in [6.45, 7) is 0. The minimum Gasteiger partial charge on any atom is -0.264 e. The maximum Gasteiger partial charge on any atom is 0.0669 e. The number of hydrogen-bond acceptors (Lipinski definition) is 3. The molecule has 100 valence electrons. The van der Waals surface area contributed by atoms with Gasteiger partial charge < -0.3 is 0 Å². The van der Waals surface area contributed by atoms with E-state index in [9.17, 15) is 0 Å². The number of nitriles is 1. The van der Waals surface area contributed by atoms with Crippen LogP contribution in [0.2, 0.25) is 0 Å². The standard InChI is InChI=1S/C18H13N3/c19-8-7-15-11-14(16-3-1-9-20-12-16)5-6-18(15)17-4-2-10-21-13-17/h1-6,9-13H,7H2. The zero-order valence-electron chi connectivity index (χ0n) is 11.4. The highest BCUT2D eigenvalue weighted by atomic mass is 14.6. The highest BCUT2D eigenvalue weighted by Gasteiger charge is 2.07. The van der Waals surface area contributed by atoms with Crippen LogP contribution in [0.4, 0.5) is 0 Å². The predicted molar refractivity (Wildman–Crippen MR) is 82.2 cm³/mol. The zero-order valence-corrected chi connectivity index (χ0v) is 11.4. The van der Waals surface area contributed by atoms with E-state index in [4.69, 9.17) is 5.26 Å². The average molecular weight is 271 g/mol. The van der Waals surface area contributed by atoms with Crippen molar-refractivity contribution in [3.63, 3.8) is 0 Å². The van der Waals surface area contributed by atoms with E-state index < -0.39 is 0 Å². The molecule has 0 aliphatic carbocycles. The maximum absolute atomic E-state index is 9.07. The van der Waals surface area contributed by atoms with Crippen molar-refractivity contribution in [2.75, 3.05) is 0 Å². The van der Waals surface area contributed by atoms with Crippen molar-refractivity contribution in [2.45, 2.75) is 6.42 Å². The first-order valence-corrected chi connectivity index (χ1v) is 6.69. The fraction of sp³-hybridized carbons (Fsp3) is 0.0556. The lowest BCUT2D eigenvalue weighted by Crippen LogP contribution is -1.91. The summed E-state index contributed by atoms with van der Waals surface area (Å²) >= 11 is 0. The van der Waals surface area contributed by atoms with Crippen LogP contribution in [-0.4, -0.2) is 9.97 Å². The number of benzene rings is 1. The van der Waals surface area contributed by atoms with Gasteiger partial charge in [-0.25, -0.2) is 0 Å². The molecular formula is C18H13N3. The van der Waals surface area contributed by atoms with Crippen LogP contribution in [0.5, 0.6) is 0 Å². The molecule has 0 N–H and O–H groups in total. The Balaban J connectivity index is 2.10. The molecule has 0 spiro atoms. The zero-order chi connectivity index (χ0) is 14.5. The summed E-state index contributed by atoms with van der Waals surface area (Å²) in [7, 11) is 0. The summed E-state index contributed by atoms with van der Waals surface area (Å²) < 4.78 is 0. The van der Waals surface area contributed by atoms with Crippen molar-refractivity contribution in [1.82, 2.24) is 9.97 Å². The molecule has 3 aromatic rings. The largest absolute Gasteiger partial charge is 0.264 e. The van der Waals surface area contributed by atoms with Crippen LogP contribution in [0, 0.1) is 11.3 Å². The molecule has 1 aromatic carbocycles. The van der Waals surface area contributed by atoms with E-state index in [1.165, 1.54) is 0 Å². The molecule has 2 heterocycles. The quantitative estimate of drug-likeness (QED) is 0.726. The molecule has 21 heavy (non-hydrogen) atoms. The first-order chi connectivity index (χ1) is 10.4. The third kappa shape index (κ3) is 2.80.